The molecular formula is C25H27N7O. The van der Waals surface area contributed by atoms with Crippen LogP contribution < -0.4 is 10.6 Å². The van der Waals surface area contributed by atoms with Crippen LogP contribution in [-0.2, 0) is 7.05 Å². The fourth-order valence-corrected chi connectivity index (χ4v) is 4.63. The summed E-state index contributed by atoms with van der Waals surface area (Å²) in [6, 6.07) is 17.6. The van der Waals surface area contributed by atoms with E-state index in [0.29, 0.717) is 11.3 Å². The Kier molecular flexibility index (Phi) is 5.42. The summed E-state index contributed by atoms with van der Waals surface area (Å²) in [4.78, 5) is 17.1. The summed E-state index contributed by atoms with van der Waals surface area (Å²) >= 11 is 0. The standard InChI is InChI=1S/C25H27N7O/c1-30(25(33)20-9-5-6-10-21(20)26)17-12-15-32(16-13-17)24-19-8-4-3-7-18(19)23(28-29-24)22-11-14-27-31(22)2/h3-11,14,17H,12-13,15-16,26H2,1-2H3. The molecule has 2 N–H and O–H groups in total. The minimum absolute atomic E-state index is 0.0303. The molecule has 1 aliphatic heterocycles. The lowest BCUT2D eigenvalue weighted by molar-refractivity contribution is 0.0710. The molecule has 8 heteroatoms. The molecule has 3 heterocycles. The van der Waals surface area contributed by atoms with E-state index in [1.807, 2.05) is 54.0 Å². The molecule has 5 rings (SSSR count). The number of aryl methyl sites for hydroxylation is 1. The maximum Gasteiger partial charge on any atom is 0.255 e. The number of benzene rings is 2. The number of piperidine rings is 1. The second kappa shape index (κ2) is 8.54. The Bertz CT molecular complexity index is 1310. The summed E-state index contributed by atoms with van der Waals surface area (Å²) in [5.41, 5.74) is 8.86. The molecule has 0 spiro atoms. The van der Waals surface area contributed by atoms with Gasteiger partial charge in [0.05, 0.1) is 11.3 Å². The second-order valence-electron chi connectivity index (χ2n) is 8.48. The molecule has 1 saturated heterocycles. The van der Waals surface area contributed by atoms with Crippen LogP contribution in [0.15, 0.2) is 60.8 Å². The summed E-state index contributed by atoms with van der Waals surface area (Å²) in [7, 11) is 3.78. The van der Waals surface area contributed by atoms with E-state index in [1.54, 1.807) is 18.3 Å². The highest BCUT2D eigenvalue weighted by Crippen LogP contribution is 2.32. The Balaban J connectivity index is 1.36. The molecule has 0 radical (unpaired) electrons. The Morgan fingerprint density at radius 1 is 1.00 bits per heavy atom. The number of rotatable bonds is 4. The van der Waals surface area contributed by atoms with Gasteiger partial charge in [0.15, 0.2) is 5.82 Å². The van der Waals surface area contributed by atoms with Crippen molar-refractivity contribution in [2.45, 2.75) is 18.9 Å². The van der Waals surface area contributed by atoms with Crippen molar-refractivity contribution in [2.75, 3.05) is 30.8 Å². The van der Waals surface area contributed by atoms with Gasteiger partial charge in [0.1, 0.15) is 5.69 Å². The number of para-hydroxylation sites is 1. The molecule has 1 fully saturated rings. The van der Waals surface area contributed by atoms with Crippen molar-refractivity contribution in [3.8, 4) is 11.4 Å². The van der Waals surface area contributed by atoms with Gasteiger partial charge in [-0.25, -0.2) is 0 Å². The maximum atomic E-state index is 13.0. The fourth-order valence-electron chi connectivity index (χ4n) is 4.63. The average molecular weight is 442 g/mol. The normalized spacial score (nSPS) is 14.5. The summed E-state index contributed by atoms with van der Waals surface area (Å²) in [6.45, 7) is 1.60. The van der Waals surface area contributed by atoms with Gasteiger partial charge < -0.3 is 15.5 Å². The van der Waals surface area contributed by atoms with E-state index in [0.717, 1.165) is 53.9 Å². The van der Waals surface area contributed by atoms with Crippen LogP contribution in [0.25, 0.3) is 22.2 Å². The molecule has 0 saturated carbocycles. The minimum Gasteiger partial charge on any atom is -0.398 e. The van der Waals surface area contributed by atoms with Crippen molar-refractivity contribution in [3.05, 3.63) is 66.4 Å². The average Bonchev–Trinajstić information content (AvgIpc) is 3.28. The van der Waals surface area contributed by atoms with Gasteiger partial charge in [-0.05, 0) is 31.0 Å². The first kappa shape index (κ1) is 20.9. The van der Waals surface area contributed by atoms with Crippen molar-refractivity contribution in [2.24, 2.45) is 7.05 Å². The molecular weight excluding hydrogens is 414 g/mol. The number of hydrogen-bond donors (Lipinski definition) is 1. The molecule has 168 valence electrons. The smallest absolute Gasteiger partial charge is 0.255 e. The predicted molar refractivity (Wildman–Crippen MR) is 130 cm³/mol. The molecule has 0 unspecified atom stereocenters. The van der Waals surface area contributed by atoms with E-state index in [1.165, 1.54) is 0 Å². The van der Waals surface area contributed by atoms with E-state index in [2.05, 4.69) is 32.3 Å². The number of aromatic nitrogens is 4. The highest BCUT2D eigenvalue weighted by molar-refractivity contribution is 6.00. The lowest BCUT2D eigenvalue weighted by Crippen LogP contribution is -2.46. The molecule has 1 aliphatic rings. The Morgan fingerprint density at radius 2 is 1.70 bits per heavy atom. The van der Waals surface area contributed by atoms with Gasteiger partial charge in [-0.1, -0.05) is 36.4 Å². The van der Waals surface area contributed by atoms with E-state index >= 15 is 0 Å². The largest absolute Gasteiger partial charge is 0.398 e. The van der Waals surface area contributed by atoms with Crippen LogP contribution in [0.3, 0.4) is 0 Å². The molecule has 2 aromatic heterocycles. The predicted octanol–water partition coefficient (Wildman–Crippen LogP) is 3.35. The van der Waals surface area contributed by atoms with E-state index in [9.17, 15) is 4.79 Å². The first-order valence-corrected chi connectivity index (χ1v) is 11.1. The number of nitrogens with zero attached hydrogens (tertiary/aromatic N) is 6. The third kappa shape index (κ3) is 3.77. The van der Waals surface area contributed by atoms with Gasteiger partial charge >= 0.3 is 0 Å². The Labute approximate surface area is 192 Å². The van der Waals surface area contributed by atoms with E-state index < -0.39 is 0 Å². The third-order valence-electron chi connectivity index (χ3n) is 6.55. The zero-order valence-corrected chi connectivity index (χ0v) is 18.8. The summed E-state index contributed by atoms with van der Waals surface area (Å²) in [5, 5.41) is 15.6. The zero-order chi connectivity index (χ0) is 22.9. The maximum absolute atomic E-state index is 13.0. The summed E-state index contributed by atoms with van der Waals surface area (Å²) < 4.78 is 1.81. The number of fused-ring (bicyclic) bond motifs is 1. The minimum atomic E-state index is -0.0303. The lowest BCUT2D eigenvalue weighted by atomic mass is 10.0. The monoisotopic (exact) mass is 441 g/mol. The van der Waals surface area contributed by atoms with Crippen molar-refractivity contribution in [3.63, 3.8) is 0 Å². The number of anilines is 2. The molecule has 2 aromatic carbocycles. The highest BCUT2D eigenvalue weighted by Gasteiger charge is 2.28. The van der Waals surface area contributed by atoms with Crippen LogP contribution in [0.4, 0.5) is 11.5 Å². The number of amides is 1. The van der Waals surface area contributed by atoms with Gasteiger partial charge in [0.25, 0.3) is 5.91 Å². The molecule has 4 aromatic rings. The van der Waals surface area contributed by atoms with Crippen LogP contribution in [0.2, 0.25) is 0 Å². The number of carbonyl (C=O) groups is 1. The topological polar surface area (TPSA) is 93.2 Å². The van der Waals surface area contributed by atoms with Gasteiger partial charge in [-0.2, -0.15) is 5.10 Å². The van der Waals surface area contributed by atoms with Crippen molar-refractivity contribution < 1.29 is 4.79 Å². The van der Waals surface area contributed by atoms with Crippen molar-refractivity contribution in [1.82, 2.24) is 24.9 Å². The van der Waals surface area contributed by atoms with E-state index in [4.69, 9.17) is 5.73 Å². The lowest BCUT2D eigenvalue weighted by Gasteiger charge is -2.37. The van der Waals surface area contributed by atoms with Crippen molar-refractivity contribution >= 4 is 28.2 Å². The van der Waals surface area contributed by atoms with Gasteiger partial charge in [0, 0.05) is 55.9 Å². The van der Waals surface area contributed by atoms with Gasteiger partial charge in [-0.15, -0.1) is 10.2 Å². The first-order chi connectivity index (χ1) is 16.0. The number of carbonyl (C=O) groups excluding carboxylic acids is 1. The zero-order valence-electron chi connectivity index (χ0n) is 18.8. The van der Waals surface area contributed by atoms with E-state index in [-0.39, 0.29) is 11.9 Å². The molecule has 0 bridgehead atoms. The summed E-state index contributed by atoms with van der Waals surface area (Å²) in [6.07, 6.45) is 3.48. The molecule has 0 aliphatic carbocycles. The van der Waals surface area contributed by atoms with Gasteiger partial charge in [-0.3, -0.25) is 9.48 Å². The van der Waals surface area contributed by atoms with Crippen LogP contribution in [-0.4, -0.2) is 57.0 Å². The molecule has 33 heavy (non-hydrogen) atoms. The van der Waals surface area contributed by atoms with Crippen molar-refractivity contribution in [1.29, 1.82) is 0 Å². The first-order valence-electron chi connectivity index (χ1n) is 11.1. The quantitative estimate of drug-likeness (QED) is 0.488. The highest BCUT2D eigenvalue weighted by atomic mass is 16.2. The van der Waals surface area contributed by atoms with Crippen LogP contribution in [0, 0.1) is 0 Å². The molecule has 1 amide bonds. The van der Waals surface area contributed by atoms with Crippen LogP contribution in [0.1, 0.15) is 23.2 Å². The molecule has 0 atom stereocenters. The SMILES string of the molecule is CN(C(=O)c1ccccc1N)C1CCN(c2nnc(-c3ccnn3C)c3ccccc23)CC1. The number of hydrogen-bond acceptors (Lipinski definition) is 6. The number of nitrogen functional groups attached to an aromatic ring is 1. The molecule has 8 nitrogen and oxygen atoms in total. The Morgan fingerprint density at radius 3 is 2.39 bits per heavy atom. The fraction of sp³-hybridized carbons (Fsp3) is 0.280. The Hall–Kier alpha value is -3.94. The van der Waals surface area contributed by atoms with Crippen LogP contribution >= 0.6 is 0 Å². The van der Waals surface area contributed by atoms with Gasteiger partial charge in [0.2, 0.25) is 0 Å². The summed E-state index contributed by atoms with van der Waals surface area (Å²) in [5.74, 6) is 0.855. The van der Waals surface area contributed by atoms with Crippen LogP contribution in [0.5, 0.6) is 0 Å². The third-order valence-corrected chi connectivity index (χ3v) is 6.55. The number of nitrogens with two attached hydrogens (primary N) is 1. The second-order valence-corrected chi connectivity index (χ2v) is 8.48.